The number of anilines is 1. The smallest absolute Gasteiger partial charge is 0.271 e. The fourth-order valence-corrected chi connectivity index (χ4v) is 1.79. The minimum Gasteiger partial charge on any atom is -0.356 e. The molecular formula is C11H17N5O2. The van der Waals surface area contributed by atoms with E-state index in [4.69, 9.17) is 0 Å². The van der Waals surface area contributed by atoms with Crippen LogP contribution in [0.4, 0.5) is 5.95 Å². The van der Waals surface area contributed by atoms with Crippen molar-refractivity contribution in [2.45, 2.75) is 19.9 Å². The van der Waals surface area contributed by atoms with Crippen molar-refractivity contribution in [1.82, 2.24) is 20.2 Å². The third-order valence-electron chi connectivity index (χ3n) is 2.65. The van der Waals surface area contributed by atoms with Crippen LogP contribution in [0.3, 0.4) is 0 Å². The molecule has 3 N–H and O–H groups in total. The van der Waals surface area contributed by atoms with Crippen molar-refractivity contribution < 1.29 is 9.59 Å². The van der Waals surface area contributed by atoms with Crippen molar-refractivity contribution in [3.8, 4) is 0 Å². The molecule has 0 spiro atoms. The summed E-state index contributed by atoms with van der Waals surface area (Å²) in [6.07, 6.45) is 2.78. The number of fused-ring (bicyclic) bond motifs is 1. The van der Waals surface area contributed by atoms with E-state index in [0.717, 1.165) is 25.5 Å². The SMILES string of the molecule is CC(=O)NCCNC(=O)c1cn2c(n1)NCCC2. The van der Waals surface area contributed by atoms with Gasteiger partial charge in [0.1, 0.15) is 5.69 Å². The first-order valence-corrected chi connectivity index (χ1v) is 6.00. The molecule has 1 aromatic heterocycles. The molecule has 1 aromatic rings. The Morgan fingerprint density at radius 1 is 1.44 bits per heavy atom. The van der Waals surface area contributed by atoms with Crippen LogP contribution in [0.15, 0.2) is 6.20 Å². The number of aryl methyl sites for hydroxylation is 1. The molecule has 2 amide bonds. The van der Waals surface area contributed by atoms with Gasteiger partial charge < -0.3 is 20.5 Å². The molecule has 1 aliphatic rings. The molecule has 98 valence electrons. The minimum atomic E-state index is -0.218. The number of carbonyl (C=O) groups excluding carboxylic acids is 2. The predicted octanol–water partition coefficient (Wildman–Crippen LogP) is -0.435. The van der Waals surface area contributed by atoms with Crippen molar-refractivity contribution in [1.29, 1.82) is 0 Å². The zero-order chi connectivity index (χ0) is 13.0. The van der Waals surface area contributed by atoms with E-state index in [-0.39, 0.29) is 11.8 Å². The highest BCUT2D eigenvalue weighted by molar-refractivity contribution is 5.92. The summed E-state index contributed by atoms with van der Waals surface area (Å²) in [4.78, 5) is 26.6. The highest BCUT2D eigenvalue weighted by Crippen LogP contribution is 2.13. The number of hydrogen-bond donors (Lipinski definition) is 3. The first-order chi connectivity index (χ1) is 8.66. The molecular weight excluding hydrogens is 234 g/mol. The van der Waals surface area contributed by atoms with Crippen LogP contribution in [0.25, 0.3) is 0 Å². The largest absolute Gasteiger partial charge is 0.356 e. The van der Waals surface area contributed by atoms with E-state index in [1.54, 1.807) is 6.20 Å². The van der Waals surface area contributed by atoms with Crippen LogP contribution in [0.5, 0.6) is 0 Å². The molecule has 18 heavy (non-hydrogen) atoms. The van der Waals surface area contributed by atoms with Gasteiger partial charge in [0.25, 0.3) is 5.91 Å². The maximum atomic E-state index is 11.8. The van der Waals surface area contributed by atoms with Crippen molar-refractivity contribution in [2.75, 3.05) is 25.0 Å². The van der Waals surface area contributed by atoms with E-state index < -0.39 is 0 Å². The van der Waals surface area contributed by atoms with Crippen LogP contribution >= 0.6 is 0 Å². The first kappa shape index (κ1) is 12.4. The third kappa shape index (κ3) is 2.99. The highest BCUT2D eigenvalue weighted by Gasteiger charge is 2.15. The van der Waals surface area contributed by atoms with Gasteiger partial charge in [0.15, 0.2) is 0 Å². The Hall–Kier alpha value is -2.05. The summed E-state index contributed by atoms with van der Waals surface area (Å²) < 4.78 is 1.94. The summed E-state index contributed by atoms with van der Waals surface area (Å²) in [6, 6.07) is 0. The zero-order valence-corrected chi connectivity index (χ0v) is 10.3. The minimum absolute atomic E-state index is 0.106. The van der Waals surface area contributed by atoms with Gasteiger partial charge in [0.2, 0.25) is 11.9 Å². The molecule has 0 bridgehead atoms. The number of amides is 2. The van der Waals surface area contributed by atoms with Crippen molar-refractivity contribution in [3.05, 3.63) is 11.9 Å². The molecule has 7 nitrogen and oxygen atoms in total. The number of imidazole rings is 1. The van der Waals surface area contributed by atoms with E-state index in [1.807, 2.05) is 4.57 Å². The molecule has 0 aromatic carbocycles. The lowest BCUT2D eigenvalue weighted by molar-refractivity contribution is -0.118. The van der Waals surface area contributed by atoms with Gasteiger partial charge in [-0.15, -0.1) is 0 Å². The van der Waals surface area contributed by atoms with Crippen LogP contribution in [0.1, 0.15) is 23.8 Å². The van der Waals surface area contributed by atoms with Gasteiger partial charge in [-0.05, 0) is 6.42 Å². The maximum Gasteiger partial charge on any atom is 0.271 e. The Bertz CT molecular complexity index is 431. The first-order valence-electron chi connectivity index (χ1n) is 6.00. The van der Waals surface area contributed by atoms with E-state index in [1.165, 1.54) is 6.92 Å². The van der Waals surface area contributed by atoms with Crippen molar-refractivity contribution in [2.24, 2.45) is 0 Å². The van der Waals surface area contributed by atoms with Gasteiger partial charge in [-0.2, -0.15) is 0 Å². The van der Waals surface area contributed by atoms with E-state index in [9.17, 15) is 9.59 Å². The van der Waals surface area contributed by atoms with Crippen LogP contribution in [0.2, 0.25) is 0 Å². The monoisotopic (exact) mass is 251 g/mol. The summed E-state index contributed by atoms with van der Waals surface area (Å²) in [5.74, 6) is 0.420. The van der Waals surface area contributed by atoms with E-state index in [2.05, 4.69) is 20.9 Å². The summed E-state index contributed by atoms with van der Waals surface area (Å²) in [7, 11) is 0. The standard InChI is InChI=1S/C11H17N5O2/c1-8(17)12-4-5-13-10(18)9-7-16-6-2-3-14-11(16)15-9/h7H,2-6H2,1H3,(H,12,17)(H,13,18)(H,14,15). The second kappa shape index (κ2) is 5.52. The second-order valence-corrected chi connectivity index (χ2v) is 4.16. The molecule has 1 aliphatic heterocycles. The second-order valence-electron chi connectivity index (χ2n) is 4.16. The van der Waals surface area contributed by atoms with Gasteiger partial charge in [0, 0.05) is 39.3 Å². The van der Waals surface area contributed by atoms with E-state index >= 15 is 0 Å². The molecule has 0 unspecified atom stereocenters. The van der Waals surface area contributed by atoms with E-state index in [0.29, 0.717) is 18.8 Å². The van der Waals surface area contributed by atoms with Gasteiger partial charge >= 0.3 is 0 Å². The highest BCUT2D eigenvalue weighted by atomic mass is 16.2. The Labute approximate surface area is 105 Å². The van der Waals surface area contributed by atoms with Crippen molar-refractivity contribution >= 4 is 17.8 Å². The number of carbonyl (C=O) groups is 2. The maximum absolute atomic E-state index is 11.8. The molecule has 0 fully saturated rings. The van der Waals surface area contributed by atoms with Gasteiger partial charge in [-0.25, -0.2) is 4.98 Å². The molecule has 0 atom stereocenters. The number of aromatic nitrogens is 2. The fraction of sp³-hybridized carbons (Fsp3) is 0.545. The quantitative estimate of drug-likeness (QED) is 0.633. The summed E-state index contributed by atoms with van der Waals surface area (Å²) in [5, 5.41) is 8.45. The average molecular weight is 251 g/mol. The number of nitrogens with zero attached hydrogens (tertiary/aromatic N) is 2. The predicted molar refractivity (Wildman–Crippen MR) is 66.4 cm³/mol. The molecule has 2 rings (SSSR count). The number of nitrogens with one attached hydrogen (secondary N) is 3. The van der Waals surface area contributed by atoms with Gasteiger partial charge in [0.05, 0.1) is 0 Å². The summed E-state index contributed by atoms with van der Waals surface area (Å²) >= 11 is 0. The van der Waals surface area contributed by atoms with Gasteiger partial charge in [-0.3, -0.25) is 9.59 Å². The van der Waals surface area contributed by atoms with Crippen LogP contribution in [-0.2, 0) is 11.3 Å². The Morgan fingerprint density at radius 2 is 2.22 bits per heavy atom. The normalized spacial score (nSPS) is 13.4. The fourth-order valence-electron chi connectivity index (χ4n) is 1.79. The Balaban J connectivity index is 1.85. The average Bonchev–Trinajstić information content (AvgIpc) is 2.78. The molecule has 0 aliphatic carbocycles. The number of hydrogen-bond acceptors (Lipinski definition) is 4. The summed E-state index contributed by atoms with van der Waals surface area (Å²) in [5.41, 5.74) is 0.405. The molecule has 0 radical (unpaired) electrons. The molecule has 0 saturated carbocycles. The van der Waals surface area contributed by atoms with Crippen LogP contribution in [0, 0.1) is 0 Å². The molecule has 0 saturated heterocycles. The van der Waals surface area contributed by atoms with Crippen molar-refractivity contribution in [3.63, 3.8) is 0 Å². The zero-order valence-electron chi connectivity index (χ0n) is 10.3. The van der Waals surface area contributed by atoms with Crippen LogP contribution < -0.4 is 16.0 Å². The van der Waals surface area contributed by atoms with Crippen LogP contribution in [-0.4, -0.2) is 41.0 Å². The Morgan fingerprint density at radius 3 is 2.94 bits per heavy atom. The third-order valence-corrected chi connectivity index (χ3v) is 2.65. The lowest BCUT2D eigenvalue weighted by Crippen LogP contribution is -2.33. The Kier molecular flexibility index (Phi) is 3.81. The lowest BCUT2D eigenvalue weighted by Gasteiger charge is -2.14. The number of rotatable bonds is 4. The molecule has 2 heterocycles. The topological polar surface area (TPSA) is 88.1 Å². The lowest BCUT2D eigenvalue weighted by atomic mass is 10.4. The van der Waals surface area contributed by atoms with Gasteiger partial charge in [-0.1, -0.05) is 0 Å². The summed E-state index contributed by atoms with van der Waals surface area (Å²) in [6.45, 7) is 4.03. The molecule has 7 heteroatoms.